The maximum absolute atomic E-state index is 11.8. The highest BCUT2D eigenvalue weighted by atomic mass is 79.9. The van der Waals surface area contributed by atoms with Gasteiger partial charge in [-0.25, -0.2) is 4.79 Å². The highest BCUT2D eigenvalue weighted by Crippen LogP contribution is 2.18. The fraction of sp³-hybridized carbons (Fsp3) is 0.385. The predicted molar refractivity (Wildman–Crippen MR) is 84.8 cm³/mol. The van der Waals surface area contributed by atoms with Crippen LogP contribution in [0.5, 0.6) is 0 Å². The number of benzene rings is 1. The molecule has 2 rings (SSSR count). The quantitative estimate of drug-likeness (QED) is 0.775. The minimum atomic E-state index is -0.172. The van der Waals surface area contributed by atoms with E-state index in [4.69, 9.17) is 0 Å². The van der Waals surface area contributed by atoms with Crippen LogP contribution in [0.1, 0.15) is 13.3 Å². The van der Waals surface area contributed by atoms with E-state index in [2.05, 4.69) is 31.9 Å². The average Bonchev–Trinajstić information content (AvgIpc) is 2.38. The lowest BCUT2D eigenvalue weighted by Crippen LogP contribution is -2.52. The zero-order valence-electron chi connectivity index (χ0n) is 11.0. The molecule has 5 nitrogen and oxygen atoms in total. The molecule has 0 spiro atoms. The molecule has 1 fully saturated rings. The maximum Gasteiger partial charge on any atom is 0.315 e. The molecule has 1 aliphatic heterocycles. The molecule has 0 aliphatic carbocycles. The van der Waals surface area contributed by atoms with Gasteiger partial charge in [-0.05, 0) is 37.6 Å². The molecule has 1 saturated heterocycles. The van der Waals surface area contributed by atoms with Gasteiger partial charge >= 0.3 is 6.03 Å². The molecule has 2 unspecified atom stereocenters. The Morgan fingerprint density at radius 2 is 2.10 bits per heavy atom. The first-order valence-corrected chi connectivity index (χ1v) is 8.11. The smallest absolute Gasteiger partial charge is 0.315 e. The van der Waals surface area contributed by atoms with E-state index in [1.165, 1.54) is 11.8 Å². The number of hydrogen-bond donors (Lipinski definition) is 3. The molecule has 1 heterocycles. The first-order valence-electron chi connectivity index (χ1n) is 6.27. The molecule has 2 atom stereocenters. The summed E-state index contributed by atoms with van der Waals surface area (Å²) in [5.74, 6) is 0.242. The summed E-state index contributed by atoms with van der Waals surface area (Å²) in [6.07, 6.45) is 0.808. The van der Waals surface area contributed by atoms with Crippen LogP contribution in [-0.4, -0.2) is 29.1 Å². The molecular formula is C13H16BrN3O2S. The van der Waals surface area contributed by atoms with Crippen molar-refractivity contribution in [2.24, 2.45) is 0 Å². The van der Waals surface area contributed by atoms with Gasteiger partial charge in [0.15, 0.2) is 0 Å². The molecule has 20 heavy (non-hydrogen) atoms. The summed E-state index contributed by atoms with van der Waals surface area (Å²) in [7, 11) is 0. The Kier molecular flexibility index (Phi) is 5.31. The zero-order chi connectivity index (χ0) is 14.5. The van der Waals surface area contributed by atoms with Crippen LogP contribution in [-0.2, 0) is 4.79 Å². The summed E-state index contributed by atoms with van der Waals surface area (Å²) in [6, 6.07) is 7.38. The van der Waals surface area contributed by atoms with Crippen LogP contribution in [0.3, 0.4) is 0 Å². The molecule has 0 bridgehead atoms. The Morgan fingerprint density at radius 3 is 2.75 bits per heavy atom. The van der Waals surface area contributed by atoms with Crippen molar-refractivity contribution in [3.05, 3.63) is 28.7 Å². The van der Waals surface area contributed by atoms with E-state index >= 15 is 0 Å². The van der Waals surface area contributed by atoms with Crippen LogP contribution < -0.4 is 16.0 Å². The molecule has 3 N–H and O–H groups in total. The summed E-state index contributed by atoms with van der Waals surface area (Å²) in [6.45, 7) is 1.95. The van der Waals surface area contributed by atoms with Gasteiger partial charge in [-0.15, -0.1) is 11.8 Å². The fourth-order valence-electron chi connectivity index (χ4n) is 1.87. The number of hydrogen-bond acceptors (Lipinski definition) is 3. The molecule has 3 amide bonds. The second kappa shape index (κ2) is 6.99. The van der Waals surface area contributed by atoms with Gasteiger partial charge in [-0.2, -0.15) is 0 Å². The van der Waals surface area contributed by atoms with Gasteiger partial charge in [0, 0.05) is 16.2 Å². The number of nitrogens with one attached hydrogen (secondary N) is 3. The number of urea groups is 1. The maximum atomic E-state index is 11.8. The molecule has 1 aromatic rings. The van der Waals surface area contributed by atoms with Crippen LogP contribution in [0, 0.1) is 0 Å². The Bertz CT molecular complexity index is 495. The topological polar surface area (TPSA) is 70.2 Å². The van der Waals surface area contributed by atoms with Crippen LogP contribution in [0.25, 0.3) is 0 Å². The molecule has 0 radical (unpaired) electrons. The monoisotopic (exact) mass is 357 g/mol. The largest absolute Gasteiger partial charge is 0.336 e. The lowest BCUT2D eigenvalue weighted by atomic mass is 10.2. The first kappa shape index (κ1) is 15.2. The van der Waals surface area contributed by atoms with Crippen LogP contribution in [0.4, 0.5) is 10.5 Å². The van der Waals surface area contributed by atoms with E-state index in [0.29, 0.717) is 5.75 Å². The van der Waals surface area contributed by atoms with Gasteiger partial charge in [0.2, 0.25) is 5.91 Å². The minimum Gasteiger partial charge on any atom is -0.336 e. The summed E-state index contributed by atoms with van der Waals surface area (Å²) in [5.41, 5.74) is 0.765. The van der Waals surface area contributed by atoms with Gasteiger partial charge < -0.3 is 16.0 Å². The molecule has 108 valence electrons. The van der Waals surface area contributed by atoms with Gasteiger partial charge in [0.1, 0.15) is 0 Å². The summed E-state index contributed by atoms with van der Waals surface area (Å²) in [4.78, 5) is 23.1. The molecule has 1 aliphatic rings. The van der Waals surface area contributed by atoms with E-state index in [1.807, 2.05) is 31.2 Å². The second-order valence-corrected chi connectivity index (χ2v) is 6.72. The summed E-state index contributed by atoms with van der Waals surface area (Å²) < 4.78 is 0.969. The van der Waals surface area contributed by atoms with Crippen molar-refractivity contribution in [1.29, 1.82) is 0 Å². The molecule has 0 saturated carbocycles. The molecular weight excluding hydrogens is 342 g/mol. The van der Waals surface area contributed by atoms with E-state index in [1.54, 1.807) is 0 Å². The van der Waals surface area contributed by atoms with E-state index in [0.717, 1.165) is 16.6 Å². The SMILES string of the molecule is CC1CC(SCC(=O)Nc2ccc(Br)cc2)NC(=O)N1. The normalized spacial score (nSPS) is 21.8. The van der Waals surface area contributed by atoms with Crippen molar-refractivity contribution in [2.45, 2.75) is 24.8 Å². The van der Waals surface area contributed by atoms with Crippen molar-refractivity contribution in [2.75, 3.05) is 11.1 Å². The van der Waals surface area contributed by atoms with E-state index in [-0.39, 0.29) is 23.4 Å². The third-order valence-corrected chi connectivity index (χ3v) is 4.45. The summed E-state index contributed by atoms with van der Waals surface area (Å²) in [5, 5.41) is 8.38. The number of amides is 3. The lowest BCUT2D eigenvalue weighted by molar-refractivity contribution is -0.113. The summed E-state index contributed by atoms with van der Waals surface area (Å²) >= 11 is 4.78. The number of rotatable bonds is 4. The van der Waals surface area contributed by atoms with Gasteiger partial charge in [-0.1, -0.05) is 15.9 Å². The van der Waals surface area contributed by atoms with E-state index < -0.39 is 0 Å². The minimum absolute atomic E-state index is 0.0191. The Morgan fingerprint density at radius 1 is 1.40 bits per heavy atom. The standard InChI is InChI=1S/C13H16BrN3O2S/c1-8-6-12(17-13(19)15-8)20-7-11(18)16-10-4-2-9(14)3-5-10/h2-5,8,12H,6-7H2,1H3,(H,16,18)(H2,15,17,19). The highest BCUT2D eigenvalue weighted by molar-refractivity contribution is 9.10. The number of carbonyl (C=O) groups excluding carboxylic acids is 2. The van der Waals surface area contributed by atoms with Gasteiger partial charge in [0.25, 0.3) is 0 Å². The van der Waals surface area contributed by atoms with Crippen molar-refractivity contribution in [3.8, 4) is 0 Å². The third kappa shape index (κ3) is 4.72. The van der Waals surface area contributed by atoms with Crippen molar-refractivity contribution >= 4 is 45.3 Å². The number of thioether (sulfide) groups is 1. The highest BCUT2D eigenvalue weighted by Gasteiger charge is 2.23. The fourth-order valence-corrected chi connectivity index (χ4v) is 3.17. The molecule has 0 aromatic heterocycles. The Balaban J connectivity index is 1.77. The third-order valence-electron chi connectivity index (χ3n) is 2.78. The van der Waals surface area contributed by atoms with Crippen LogP contribution >= 0.6 is 27.7 Å². The van der Waals surface area contributed by atoms with E-state index in [9.17, 15) is 9.59 Å². The van der Waals surface area contributed by atoms with Gasteiger partial charge in [-0.3, -0.25) is 4.79 Å². The van der Waals surface area contributed by atoms with Crippen molar-refractivity contribution < 1.29 is 9.59 Å². The van der Waals surface area contributed by atoms with Crippen LogP contribution in [0.15, 0.2) is 28.7 Å². The first-order chi connectivity index (χ1) is 9.52. The van der Waals surface area contributed by atoms with Crippen molar-refractivity contribution in [3.63, 3.8) is 0 Å². The number of halogens is 1. The Hall–Kier alpha value is -1.21. The molecule has 1 aromatic carbocycles. The average molecular weight is 358 g/mol. The molecule has 7 heteroatoms. The lowest BCUT2D eigenvalue weighted by Gasteiger charge is -2.28. The second-order valence-electron chi connectivity index (χ2n) is 4.61. The van der Waals surface area contributed by atoms with Crippen molar-refractivity contribution in [1.82, 2.24) is 10.6 Å². The van der Waals surface area contributed by atoms with Gasteiger partial charge in [0.05, 0.1) is 11.1 Å². The Labute approximate surface area is 130 Å². The predicted octanol–water partition coefficient (Wildman–Crippen LogP) is 2.54. The number of anilines is 1. The number of carbonyl (C=O) groups is 2. The zero-order valence-corrected chi connectivity index (χ0v) is 13.4. The van der Waals surface area contributed by atoms with Crippen LogP contribution in [0.2, 0.25) is 0 Å².